The van der Waals surface area contributed by atoms with Gasteiger partial charge in [0, 0.05) is 6.54 Å². The molecule has 0 radical (unpaired) electrons. The van der Waals surface area contributed by atoms with Gasteiger partial charge in [-0.3, -0.25) is 4.79 Å². The predicted molar refractivity (Wildman–Crippen MR) is 81.6 cm³/mol. The summed E-state index contributed by atoms with van der Waals surface area (Å²) < 4.78 is 10.0. The number of amides is 2. The third kappa shape index (κ3) is 5.70. The number of aliphatic hydroxyl groups is 1. The number of alkyl carbamates (subject to hydrolysis) is 1. The summed E-state index contributed by atoms with van der Waals surface area (Å²) in [6, 6.07) is -1.82. The van der Waals surface area contributed by atoms with Gasteiger partial charge in [-0.25, -0.2) is 9.59 Å². The average molecular weight is 330 g/mol. The number of likely N-dealkylation sites (tertiary alicyclic amines) is 1. The van der Waals surface area contributed by atoms with Crippen LogP contribution in [0.3, 0.4) is 0 Å². The molecular formula is C15H26N2O6. The first-order valence-corrected chi connectivity index (χ1v) is 7.77. The van der Waals surface area contributed by atoms with Gasteiger partial charge in [-0.05, 0) is 40.5 Å². The Morgan fingerprint density at radius 1 is 1.35 bits per heavy atom. The zero-order chi connectivity index (χ0) is 17.6. The number of nitrogens with zero attached hydrogens (tertiary/aromatic N) is 1. The minimum atomic E-state index is -1.15. The summed E-state index contributed by atoms with van der Waals surface area (Å²) in [5, 5.41) is 11.7. The van der Waals surface area contributed by atoms with E-state index in [2.05, 4.69) is 5.32 Å². The van der Waals surface area contributed by atoms with Gasteiger partial charge in [0.05, 0.1) is 13.2 Å². The van der Waals surface area contributed by atoms with Gasteiger partial charge in [-0.1, -0.05) is 0 Å². The molecule has 0 bridgehead atoms. The number of hydrogen-bond donors (Lipinski definition) is 2. The van der Waals surface area contributed by atoms with Crippen LogP contribution in [-0.4, -0.2) is 65.4 Å². The lowest BCUT2D eigenvalue weighted by molar-refractivity contribution is -0.153. The largest absolute Gasteiger partial charge is 0.464 e. The Morgan fingerprint density at radius 3 is 2.52 bits per heavy atom. The molecule has 1 heterocycles. The van der Waals surface area contributed by atoms with E-state index in [0.29, 0.717) is 19.4 Å². The summed E-state index contributed by atoms with van der Waals surface area (Å²) in [6.45, 7) is 6.81. The van der Waals surface area contributed by atoms with Crippen molar-refractivity contribution in [1.29, 1.82) is 0 Å². The van der Waals surface area contributed by atoms with Crippen molar-refractivity contribution in [2.24, 2.45) is 0 Å². The fourth-order valence-electron chi connectivity index (χ4n) is 2.35. The molecule has 0 aliphatic carbocycles. The fourth-order valence-corrected chi connectivity index (χ4v) is 2.35. The number of carbonyl (C=O) groups is 3. The van der Waals surface area contributed by atoms with Crippen molar-refractivity contribution >= 4 is 18.0 Å². The molecule has 1 aliphatic heterocycles. The van der Waals surface area contributed by atoms with E-state index in [-0.39, 0.29) is 6.61 Å². The minimum absolute atomic E-state index is 0.233. The Labute approximate surface area is 136 Å². The highest BCUT2D eigenvalue weighted by atomic mass is 16.6. The van der Waals surface area contributed by atoms with Crippen molar-refractivity contribution < 1.29 is 29.0 Å². The number of rotatable bonds is 5. The lowest BCUT2D eigenvalue weighted by Gasteiger charge is -2.28. The van der Waals surface area contributed by atoms with Crippen LogP contribution in [0.1, 0.15) is 40.5 Å². The first kappa shape index (κ1) is 19.2. The van der Waals surface area contributed by atoms with Crippen LogP contribution in [0, 0.1) is 0 Å². The first-order valence-electron chi connectivity index (χ1n) is 7.77. The first-order chi connectivity index (χ1) is 10.7. The molecule has 1 fully saturated rings. The normalized spacial score (nSPS) is 19.2. The van der Waals surface area contributed by atoms with Crippen LogP contribution in [-0.2, 0) is 19.1 Å². The summed E-state index contributed by atoms with van der Waals surface area (Å²) in [5.74, 6) is -0.985. The van der Waals surface area contributed by atoms with E-state index in [1.165, 1.54) is 4.90 Å². The van der Waals surface area contributed by atoms with Gasteiger partial charge >= 0.3 is 12.1 Å². The van der Waals surface area contributed by atoms with Crippen LogP contribution in [0.2, 0.25) is 0 Å². The standard InChI is InChI=1S/C15H26N2O6/c1-5-22-13(20)11-7-6-8-17(11)12(19)10(9-18)16-14(21)23-15(2,3)4/h10-11,18H,5-9H2,1-4H3,(H,16,21)/t10-,11-/m0/s1. The van der Waals surface area contributed by atoms with Gasteiger partial charge in [0.15, 0.2) is 0 Å². The summed E-state index contributed by atoms with van der Waals surface area (Å²) >= 11 is 0. The molecule has 23 heavy (non-hydrogen) atoms. The second-order valence-corrected chi connectivity index (χ2v) is 6.32. The molecule has 2 N–H and O–H groups in total. The van der Waals surface area contributed by atoms with E-state index < -0.39 is 42.3 Å². The monoisotopic (exact) mass is 330 g/mol. The molecule has 0 saturated carbocycles. The van der Waals surface area contributed by atoms with Gasteiger partial charge in [-0.15, -0.1) is 0 Å². The SMILES string of the molecule is CCOC(=O)[C@@H]1CCCN1C(=O)[C@H](CO)NC(=O)OC(C)(C)C. The molecular weight excluding hydrogens is 304 g/mol. The topological polar surface area (TPSA) is 105 Å². The lowest BCUT2D eigenvalue weighted by atomic mass is 10.2. The van der Waals surface area contributed by atoms with Crippen LogP contribution in [0.5, 0.6) is 0 Å². The molecule has 0 spiro atoms. The maximum absolute atomic E-state index is 12.5. The van der Waals surface area contributed by atoms with E-state index >= 15 is 0 Å². The molecule has 0 aromatic rings. The maximum atomic E-state index is 12.5. The minimum Gasteiger partial charge on any atom is -0.464 e. The quantitative estimate of drug-likeness (QED) is 0.708. The number of aliphatic hydroxyl groups excluding tert-OH is 1. The van der Waals surface area contributed by atoms with Crippen LogP contribution in [0.4, 0.5) is 4.79 Å². The van der Waals surface area contributed by atoms with E-state index in [4.69, 9.17) is 9.47 Å². The van der Waals surface area contributed by atoms with Gasteiger partial charge < -0.3 is 24.8 Å². The Hall–Kier alpha value is -1.83. The molecule has 0 unspecified atom stereocenters. The molecule has 2 amide bonds. The third-order valence-corrected chi connectivity index (χ3v) is 3.27. The molecule has 1 rings (SSSR count). The molecule has 0 aromatic carbocycles. The second kappa shape index (κ2) is 8.14. The Kier molecular flexibility index (Phi) is 6.80. The number of carbonyl (C=O) groups excluding carboxylic acids is 3. The highest BCUT2D eigenvalue weighted by Crippen LogP contribution is 2.19. The van der Waals surface area contributed by atoms with Gasteiger partial charge in [-0.2, -0.15) is 0 Å². The number of esters is 1. The molecule has 0 aromatic heterocycles. The van der Waals surface area contributed by atoms with Gasteiger partial charge in [0.2, 0.25) is 5.91 Å². The van der Waals surface area contributed by atoms with Crippen molar-refractivity contribution in [3.8, 4) is 0 Å². The maximum Gasteiger partial charge on any atom is 0.408 e. The van der Waals surface area contributed by atoms with E-state index in [1.54, 1.807) is 27.7 Å². The van der Waals surface area contributed by atoms with Crippen LogP contribution in [0.25, 0.3) is 0 Å². The van der Waals surface area contributed by atoms with Crippen molar-refractivity contribution in [3.63, 3.8) is 0 Å². The van der Waals surface area contributed by atoms with Crippen LogP contribution >= 0.6 is 0 Å². The third-order valence-electron chi connectivity index (χ3n) is 3.27. The molecule has 132 valence electrons. The number of ether oxygens (including phenoxy) is 2. The van der Waals surface area contributed by atoms with Crippen molar-refractivity contribution in [2.75, 3.05) is 19.8 Å². The molecule has 2 atom stereocenters. The zero-order valence-corrected chi connectivity index (χ0v) is 14.1. The van der Waals surface area contributed by atoms with E-state index in [0.717, 1.165) is 0 Å². The van der Waals surface area contributed by atoms with Crippen molar-refractivity contribution in [3.05, 3.63) is 0 Å². The Morgan fingerprint density at radius 2 is 2.00 bits per heavy atom. The zero-order valence-electron chi connectivity index (χ0n) is 14.1. The fraction of sp³-hybridized carbons (Fsp3) is 0.800. The lowest BCUT2D eigenvalue weighted by Crippen LogP contribution is -2.54. The molecule has 1 saturated heterocycles. The van der Waals surface area contributed by atoms with Gasteiger partial charge in [0.1, 0.15) is 17.7 Å². The average Bonchev–Trinajstić information content (AvgIpc) is 2.91. The summed E-state index contributed by atoms with van der Waals surface area (Å²) in [7, 11) is 0. The predicted octanol–water partition coefficient (Wildman–Crippen LogP) is 0.426. The summed E-state index contributed by atoms with van der Waals surface area (Å²) in [5.41, 5.74) is -0.714. The second-order valence-electron chi connectivity index (χ2n) is 6.32. The van der Waals surface area contributed by atoms with Crippen LogP contribution in [0.15, 0.2) is 0 Å². The van der Waals surface area contributed by atoms with E-state index in [1.807, 2.05) is 0 Å². The Balaban J connectivity index is 2.71. The Bertz CT molecular complexity index is 446. The number of nitrogens with one attached hydrogen (secondary N) is 1. The highest BCUT2D eigenvalue weighted by molar-refractivity contribution is 5.90. The highest BCUT2D eigenvalue weighted by Gasteiger charge is 2.38. The van der Waals surface area contributed by atoms with E-state index in [9.17, 15) is 19.5 Å². The van der Waals surface area contributed by atoms with Crippen LogP contribution < -0.4 is 5.32 Å². The van der Waals surface area contributed by atoms with Crippen molar-refractivity contribution in [2.45, 2.75) is 58.2 Å². The van der Waals surface area contributed by atoms with Gasteiger partial charge in [0.25, 0.3) is 0 Å². The van der Waals surface area contributed by atoms with Crippen molar-refractivity contribution in [1.82, 2.24) is 10.2 Å². The molecule has 8 nitrogen and oxygen atoms in total. The molecule has 1 aliphatic rings. The summed E-state index contributed by atoms with van der Waals surface area (Å²) in [4.78, 5) is 37.5. The number of hydrogen-bond acceptors (Lipinski definition) is 6. The summed E-state index contributed by atoms with van der Waals surface area (Å²) in [6.07, 6.45) is 0.381. The molecule has 8 heteroatoms. The smallest absolute Gasteiger partial charge is 0.408 e.